The molecule has 4 aromatic heterocycles. The molecule has 5 heteroatoms. The highest BCUT2D eigenvalue weighted by atomic mass is 32.1. The zero-order chi connectivity index (χ0) is 26.2. The minimum absolute atomic E-state index is 0.649. The van der Waals surface area contributed by atoms with Gasteiger partial charge in [-0.3, -0.25) is 9.55 Å². The summed E-state index contributed by atoms with van der Waals surface area (Å²) >= 11 is 1.87. The molecule has 0 spiro atoms. The van der Waals surface area contributed by atoms with Gasteiger partial charge in [-0.2, -0.15) is 0 Å². The Bertz CT molecular complexity index is 2440. The van der Waals surface area contributed by atoms with Crippen molar-refractivity contribution in [3.05, 3.63) is 121 Å². The fraction of sp³-hybridized carbons (Fsp3) is 0. The molecule has 0 radical (unpaired) electrons. The van der Waals surface area contributed by atoms with Crippen molar-refractivity contribution in [1.82, 2.24) is 19.5 Å². The molecule has 0 saturated carbocycles. The van der Waals surface area contributed by atoms with E-state index in [2.05, 4.69) is 94.5 Å². The summed E-state index contributed by atoms with van der Waals surface area (Å²) in [5, 5.41) is 7.52. The molecule has 0 atom stereocenters. The number of nitrogens with zero attached hydrogens (tertiary/aromatic N) is 4. The second-order valence-electron chi connectivity index (χ2n) is 10.0. The topological polar surface area (TPSA) is 43.6 Å². The number of hydrogen-bond acceptors (Lipinski definition) is 4. The lowest BCUT2D eigenvalue weighted by Gasteiger charge is -2.12. The third kappa shape index (κ3) is 2.92. The first-order valence-electron chi connectivity index (χ1n) is 13.3. The van der Waals surface area contributed by atoms with Gasteiger partial charge in [-0.1, -0.05) is 91.0 Å². The Hall–Kier alpha value is -5.13. The van der Waals surface area contributed by atoms with Gasteiger partial charge in [0.05, 0.1) is 16.6 Å². The van der Waals surface area contributed by atoms with Gasteiger partial charge in [0.1, 0.15) is 11.2 Å². The fourth-order valence-electron chi connectivity index (χ4n) is 6.18. The molecular formula is C35H20N4S. The molecule has 0 bridgehead atoms. The molecule has 0 fully saturated rings. The summed E-state index contributed by atoms with van der Waals surface area (Å²) < 4.78 is 4.86. The van der Waals surface area contributed by atoms with Gasteiger partial charge in [0.2, 0.25) is 5.95 Å². The third-order valence-electron chi connectivity index (χ3n) is 7.84. The van der Waals surface area contributed by atoms with Crippen LogP contribution < -0.4 is 0 Å². The number of hydrogen-bond donors (Lipinski definition) is 0. The first-order chi connectivity index (χ1) is 19.9. The van der Waals surface area contributed by atoms with E-state index in [4.69, 9.17) is 9.97 Å². The maximum absolute atomic E-state index is 5.24. The minimum atomic E-state index is 0.649. The zero-order valence-corrected chi connectivity index (χ0v) is 22.1. The van der Waals surface area contributed by atoms with Crippen LogP contribution in [0.25, 0.3) is 81.0 Å². The van der Waals surface area contributed by atoms with Crippen molar-refractivity contribution in [3.63, 3.8) is 0 Å². The van der Waals surface area contributed by atoms with E-state index < -0.39 is 0 Å². The Morgan fingerprint density at radius 2 is 1.30 bits per heavy atom. The monoisotopic (exact) mass is 528 g/mol. The van der Waals surface area contributed by atoms with Crippen molar-refractivity contribution in [2.75, 3.05) is 0 Å². The van der Waals surface area contributed by atoms with E-state index in [0.29, 0.717) is 5.95 Å². The van der Waals surface area contributed by atoms with E-state index in [9.17, 15) is 0 Å². The molecule has 0 unspecified atom stereocenters. The van der Waals surface area contributed by atoms with Gasteiger partial charge >= 0.3 is 0 Å². The van der Waals surface area contributed by atoms with Crippen molar-refractivity contribution >= 4 is 75.1 Å². The number of benzene rings is 5. The molecule has 0 aliphatic carbocycles. The molecule has 0 saturated heterocycles. The molecule has 9 rings (SSSR count). The van der Waals surface area contributed by atoms with Gasteiger partial charge in [-0.15, -0.1) is 11.3 Å². The lowest BCUT2D eigenvalue weighted by atomic mass is 10.00. The first kappa shape index (κ1) is 21.8. The Morgan fingerprint density at radius 3 is 2.17 bits per heavy atom. The predicted molar refractivity (Wildman–Crippen MR) is 168 cm³/mol. The average molecular weight is 529 g/mol. The standard InChI is InChI=1S/C35H20N4S/c1-2-11-21(12-3-1)31-32-26(17-10-20-36-32)37-35(38-31)39-27-18-8-6-15-24(27)30-33(39)23-14-5-4-13-22(23)29-25-16-7-9-19-28(25)40-34(29)30/h1-20H. The molecule has 0 N–H and O–H groups in total. The van der Waals surface area contributed by atoms with Crippen LogP contribution >= 0.6 is 11.3 Å². The van der Waals surface area contributed by atoms with Crippen LogP contribution in [0, 0.1) is 0 Å². The molecular weight excluding hydrogens is 508 g/mol. The van der Waals surface area contributed by atoms with E-state index >= 15 is 0 Å². The number of para-hydroxylation sites is 1. The zero-order valence-electron chi connectivity index (χ0n) is 21.2. The van der Waals surface area contributed by atoms with Crippen LogP contribution in [0.5, 0.6) is 0 Å². The number of rotatable bonds is 2. The molecule has 4 heterocycles. The number of thiophene rings is 1. The molecule has 40 heavy (non-hydrogen) atoms. The van der Waals surface area contributed by atoms with Crippen molar-refractivity contribution in [1.29, 1.82) is 0 Å². The van der Waals surface area contributed by atoms with E-state index in [1.165, 1.54) is 41.7 Å². The van der Waals surface area contributed by atoms with Crippen LogP contribution in [-0.2, 0) is 0 Å². The lowest BCUT2D eigenvalue weighted by molar-refractivity contribution is 1.01. The first-order valence-corrected chi connectivity index (χ1v) is 14.1. The van der Waals surface area contributed by atoms with Gasteiger partial charge in [0.25, 0.3) is 0 Å². The predicted octanol–water partition coefficient (Wildman–Crippen LogP) is 9.31. The van der Waals surface area contributed by atoms with E-state index in [-0.39, 0.29) is 0 Å². The van der Waals surface area contributed by atoms with Crippen molar-refractivity contribution < 1.29 is 0 Å². The molecule has 0 aliphatic heterocycles. The van der Waals surface area contributed by atoms with Crippen molar-refractivity contribution in [2.24, 2.45) is 0 Å². The van der Waals surface area contributed by atoms with E-state index in [1.54, 1.807) is 0 Å². The number of aromatic nitrogens is 4. The summed E-state index contributed by atoms with van der Waals surface area (Å²) in [7, 11) is 0. The highest BCUT2D eigenvalue weighted by Crippen LogP contribution is 2.47. The molecule has 9 aromatic rings. The lowest BCUT2D eigenvalue weighted by Crippen LogP contribution is -2.04. The summed E-state index contributed by atoms with van der Waals surface area (Å²) in [6, 6.07) is 40.4. The van der Waals surface area contributed by atoms with Crippen LogP contribution in [0.15, 0.2) is 121 Å². The third-order valence-corrected chi connectivity index (χ3v) is 9.03. The Kier molecular flexibility index (Phi) is 4.45. The van der Waals surface area contributed by atoms with Crippen LogP contribution in [-0.4, -0.2) is 19.5 Å². The average Bonchev–Trinajstić information content (AvgIpc) is 3.58. The molecule has 0 amide bonds. The Labute approximate surface area is 232 Å². The second kappa shape index (κ2) is 8.18. The summed E-state index contributed by atoms with van der Waals surface area (Å²) in [4.78, 5) is 15.0. The molecule has 4 nitrogen and oxygen atoms in total. The second-order valence-corrected chi connectivity index (χ2v) is 11.1. The highest BCUT2D eigenvalue weighted by molar-refractivity contribution is 7.27. The van der Waals surface area contributed by atoms with Crippen LogP contribution in [0.4, 0.5) is 0 Å². The molecule has 0 aliphatic rings. The van der Waals surface area contributed by atoms with Gasteiger partial charge in [0.15, 0.2) is 0 Å². The van der Waals surface area contributed by atoms with Crippen LogP contribution in [0.3, 0.4) is 0 Å². The van der Waals surface area contributed by atoms with Crippen molar-refractivity contribution in [3.8, 4) is 17.2 Å². The Balaban J connectivity index is 1.53. The summed E-state index contributed by atoms with van der Waals surface area (Å²) in [6.07, 6.45) is 1.81. The summed E-state index contributed by atoms with van der Waals surface area (Å²) in [6.45, 7) is 0. The van der Waals surface area contributed by atoms with Crippen molar-refractivity contribution in [2.45, 2.75) is 0 Å². The van der Waals surface area contributed by atoms with Gasteiger partial charge in [0, 0.05) is 48.1 Å². The fourth-order valence-corrected chi connectivity index (χ4v) is 7.46. The van der Waals surface area contributed by atoms with Gasteiger partial charge in [-0.25, -0.2) is 9.97 Å². The quantitative estimate of drug-likeness (QED) is 0.225. The smallest absolute Gasteiger partial charge is 0.235 e. The SMILES string of the molecule is c1ccc(-c2nc(-n3c4ccccc4c4c5sc6ccccc6c5c5ccccc5c43)nc3cccnc23)cc1. The Morgan fingerprint density at radius 1 is 0.575 bits per heavy atom. The largest absolute Gasteiger partial charge is 0.277 e. The maximum Gasteiger partial charge on any atom is 0.235 e. The molecule has 5 aromatic carbocycles. The van der Waals surface area contributed by atoms with Crippen LogP contribution in [0.2, 0.25) is 0 Å². The molecule has 186 valence electrons. The van der Waals surface area contributed by atoms with Crippen LogP contribution in [0.1, 0.15) is 0 Å². The van der Waals surface area contributed by atoms with Gasteiger partial charge < -0.3 is 0 Å². The summed E-state index contributed by atoms with van der Waals surface area (Å²) in [5.41, 5.74) is 5.71. The maximum atomic E-state index is 5.24. The highest BCUT2D eigenvalue weighted by Gasteiger charge is 2.23. The van der Waals surface area contributed by atoms with E-state index in [0.717, 1.165) is 33.3 Å². The normalized spacial score (nSPS) is 12.0. The van der Waals surface area contributed by atoms with Gasteiger partial charge in [-0.05, 0) is 29.7 Å². The number of fused-ring (bicyclic) bond motifs is 11. The number of pyridine rings is 1. The van der Waals surface area contributed by atoms with E-state index in [1.807, 2.05) is 47.9 Å². The minimum Gasteiger partial charge on any atom is -0.277 e. The summed E-state index contributed by atoms with van der Waals surface area (Å²) in [5.74, 6) is 0.649.